The lowest BCUT2D eigenvalue weighted by atomic mass is 10.0. The van der Waals surface area contributed by atoms with Crippen LogP contribution in [0.4, 0.5) is 4.79 Å². The molecule has 0 aromatic heterocycles. The van der Waals surface area contributed by atoms with Gasteiger partial charge in [0.15, 0.2) is 0 Å². The molecule has 1 saturated heterocycles. The first-order chi connectivity index (χ1) is 13.8. The molecular weight excluding hydrogens is 378 g/mol. The zero-order valence-corrected chi connectivity index (χ0v) is 18.5. The number of fused-ring (bicyclic) bond motifs is 1. The number of carboxylic acid groups (broad SMARTS) is 1. The maximum atomic E-state index is 11.9. The van der Waals surface area contributed by atoms with Crippen molar-refractivity contribution in [1.82, 2.24) is 4.90 Å². The van der Waals surface area contributed by atoms with E-state index in [2.05, 4.69) is 69.3 Å². The van der Waals surface area contributed by atoms with Crippen molar-refractivity contribution in [1.29, 1.82) is 0 Å². The fraction of sp³-hybridized carbons (Fsp3) is 0.458. The van der Waals surface area contributed by atoms with Gasteiger partial charge in [0.2, 0.25) is 0 Å². The molecule has 0 spiro atoms. The molecule has 2 aromatic rings. The third-order valence-electron chi connectivity index (χ3n) is 6.64. The number of piperidine rings is 1. The molecule has 3 unspecified atom stereocenters. The molecule has 0 radical (unpaired) electrons. The van der Waals surface area contributed by atoms with Crippen molar-refractivity contribution in [2.24, 2.45) is 5.92 Å². The van der Waals surface area contributed by atoms with E-state index < -0.39 is 14.4 Å². The summed E-state index contributed by atoms with van der Waals surface area (Å²) >= 11 is 0. The number of likely N-dealkylation sites (tertiary alicyclic amines) is 1. The summed E-state index contributed by atoms with van der Waals surface area (Å²) in [6.45, 7) is 7.23. The van der Waals surface area contributed by atoms with Gasteiger partial charge in [-0.3, -0.25) is 4.90 Å². The van der Waals surface area contributed by atoms with E-state index in [1.54, 1.807) is 4.90 Å². The van der Waals surface area contributed by atoms with Gasteiger partial charge in [-0.25, -0.2) is 4.79 Å². The van der Waals surface area contributed by atoms with Crippen LogP contribution in [0.15, 0.2) is 60.7 Å². The highest BCUT2D eigenvalue weighted by molar-refractivity contribution is 6.99. The second-order valence-corrected chi connectivity index (χ2v) is 13.8. The van der Waals surface area contributed by atoms with Gasteiger partial charge in [-0.05, 0) is 40.6 Å². The predicted octanol–water partition coefficient (Wildman–Crippen LogP) is 4.09. The first kappa shape index (κ1) is 20.2. The van der Waals surface area contributed by atoms with Gasteiger partial charge in [-0.1, -0.05) is 81.4 Å². The minimum absolute atomic E-state index is 0.0575. The molecule has 1 N–H and O–H groups in total. The maximum Gasteiger partial charge on any atom is 0.407 e. The van der Waals surface area contributed by atoms with Gasteiger partial charge in [0.1, 0.15) is 0 Å². The van der Waals surface area contributed by atoms with E-state index in [9.17, 15) is 9.90 Å². The maximum absolute atomic E-state index is 11.9. The summed E-state index contributed by atoms with van der Waals surface area (Å²) in [7, 11) is -2.63. The van der Waals surface area contributed by atoms with E-state index in [0.29, 0.717) is 12.5 Å². The van der Waals surface area contributed by atoms with Crippen molar-refractivity contribution < 1.29 is 14.3 Å². The molecule has 1 amide bonds. The van der Waals surface area contributed by atoms with Gasteiger partial charge in [0.05, 0.1) is 12.6 Å². The van der Waals surface area contributed by atoms with E-state index in [1.165, 1.54) is 10.4 Å². The minimum atomic E-state index is -2.63. The zero-order valence-electron chi connectivity index (χ0n) is 17.5. The van der Waals surface area contributed by atoms with Crippen LogP contribution in [-0.4, -0.2) is 43.1 Å². The number of amides is 1. The van der Waals surface area contributed by atoms with Crippen LogP contribution in [0.1, 0.15) is 40.0 Å². The Morgan fingerprint density at radius 3 is 2.07 bits per heavy atom. The fourth-order valence-electron chi connectivity index (χ4n) is 5.14. The van der Waals surface area contributed by atoms with Crippen LogP contribution in [0, 0.1) is 5.92 Å². The Morgan fingerprint density at radius 2 is 1.59 bits per heavy atom. The average Bonchev–Trinajstić information content (AvgIpc) is 3.48. The number of benzene rings is 2. The molecule has 1 aliphatic heterocycles. The molecule has 0 bridgehead atoms. The monoisotopic (exact) mass is 409 g/mol. The molecule has 2 fully saturated rings. The van der Waals surface area contributed by atoms with Gasteiger partial charge in [-0.15, -0.1) is 0 Å². The highest BCUT2D eigenvalue weighted by atomic mass is 28.4. The van der Waals surface area contributed by atoms with Crippen molar-refractivity contribution in [2.45, 2.75) is 57.2 Å². The van der Waals surface area contributed by atoms with E-state index in [4.69, 9.17) is 4.43 Å². The molecule has 154 valence electrons. The third kappa shape index (κ3) is 3.62. The Labute approximate surface area is 174 Å². The van der Waals surface area contributed by atoms with Gasteiger partial charge >= 0.3 is 6.09 Å². The summed E-state index contributed by atoms with van der Waals surface area (Å²) in [6.07, 6.45) is 2.23. The van der Waals surface area contributed by atoms with Gasteiger partial charge in [0, 0.05) is 6.04 Å². The summed E-state index contributed by atoms with van der Waals surface area (Å²) in [5.41, 5.74) is 0. The fourth-order valence-corrected chi connectivity index (χ4v) is 9.74. The predicted molar refractivity (Wildman–Crippen MR) is 118 cm³/mol. The van der Waals surface area contributed by atoms with Crippen LogP contribution in [0.5, 0.6) is 0 Å². The first-order valence-electron chi connectivity index (χ1n) is 10.6. The molecule has 1 saturated carbocycles. The lowest BCUT2D eigenvalue weighted by molar-refractivity contribution is 0.0760. The summed E-state index contributed by atoms with van der Waals surface area (Å²) < 4.78 is 6.99. The van der Waals surface area contributed by atoms with E-state index in [0.717, 1.165) is 19.3 Å². The van der Waals surface area contributed by atoms with E-state index >= 15 is 0 Å². The number of rotatable bonds is 5. The van der Waals surface area contributed by atoms with Gasteiger partial charge in [-0.2, -0.15) is 0 Å². The molecule has 29 heavy (non-hydrogen) atoms. The molecule has 4 nitrogen and oxygen atoms in total. The molecule has 1 heterocycles. The van der Waals surface area contributed by atoms with Crippen molar-refractivity contribution >= 4 is 24.8 Å². The summed E-state index contributed by atoms with van der Waals surface area (Å²) in [5, 5.41) is 12.2. The summed E-state index contributed by atoms with van der Waals surface area (Å²) in [6, 6.07) is 21.2. The molecule has 3 atom stereocenters. The van der Waals surface area contributed by atoms with Crippen molar-refractivity contribution in [3.05, 3.63) is 60.7 Å². The van der Waals surface area contributed by atoms with Crippen LogP contribution in [0.25, 0.3) is 0 Å². The topological polar surface area (TPSA) is 49.8 Å². The zero-order chi connectivity index (χ0) is 20.6. The van der Waals surface area contributed by atoms with Gasteiger partial charge in [0.25, 0.3) is 8.32 Å². The smallest absolute Gasteiger partial charge is 0.407 e. The van der Waals surface area contributed by atoms with Crippen LogP contribution in [0.2, 0.25) is 5.04 Å². The average molecular weight is 410 g/mol. The van der Waals surface area contributed by atoms with Crippen LogP contribution >= 0.6 is 0 Å². The largest absolute Gasteiger partial charge is 0.465 e. The number of hydrogen-bond acceptors (Lipinski definition) is 2. The van der Waals surface area contributed by atoms with E-state index in [1.807, 2.05) is 12.1 Å². The molecule has 4 rings (SSSR count). The van der Waals surface area contributed by atoms with Crippen molar-refractivity contribution in [3.8, 4) is 0 Å². The second kappa shape index (κ2) is 7.61. The number of hydrogen-bond donors (Lipinski definition) is 1. The van der Waals surface area contributed by atoms with Crippen LogP contribution < -0.4 is 10.4 Å². The number of nitrogens with zero attached hydrogens (tertiary/aromatic N) is 1. The highest BCUT2D eigenvalue weighted by Crippen LogP contribution is 2.46. The second-order valence-electron chi connectivity index (χ2n) is 9.46. The third-order valence-corrected chi connectivity index (χ3v) is 11.6. The number of carbonyl (C=O) groups is 1. The van der Waals surface area contributed by atoms with E-state index in [-0.39, 0.29) is 17.1 Å². The Kier molecular flexibility index (Phi) is 5.30. The molecule has 2 aliphatic rings. The summed E-state index contributed by atoms with van der Waals surface area (Å²) in [5.74, 6) is 0.565. The normalized spacial score (nSPS) is 24.1. The standard InChI is InChI=1S/C24H31NO3Si/c1-24(2,3)29(20-10-6-4-7-11-20,21-12-8-5-9-13-21)28-17-19-15-14-18-16-22(18)25(19)23(26)27/h4-13,18-19,22H,14-17H2,1-3H3,(H,26,27). The Morgan fingerprint density at radius 1 is 1.03 bits per heavy atom. The lowest BCUT2D eigenvalue weighted by Crippen LogP contribution is -2.67. The Bertz CT molecular complexity index is 810. The quantitative estimate of drug-likeness (QED) is 0.757. The Balaban J connectivity index is 1.72. The van der Waals surface area contributed by atoms with Gasteiger partial charge < -0.3 is 9.53 Å². The Hall–Kier alpha value is -2.11. The lowest BCUT2D eigenvalue weighted by Gasteiger charge is -2.45. The van der Waals surface area contributed by atoms with Crippen LogP contribution in [-0.2, 0) is 4.43 Å². The molecule has 1 aliphatic carbocycles. The van der Waals surface area contributed by atoms with Crippen molar-refractivity contribution in [3.63, 3.8) is 0 Å². The van der Waals surface area contributed by atoms with Crippen LogP contribution in [0.3, 0.4) is 0 Å². The molecular formula is C24H31NO3Si. The van der Waals surface area contributed by atoms with Crippen molar-refractivity contribution in [2.75, 3.05) is 6.61 Å². The summed E-state index contributed by atoms with van der Waals surface area (Å²) in [4.78, 5) is 13.6. The highest BCUT2D eigenvalue weighted by Gasteiger charge is 2.53. The minimum Gasteiger partial charge on any atom is -0.465 e. The molecule has 5 heteroatoms. The first-order valence-corrected chi connectivity index (χ1v) is 12.5. The molecule has 2 aromatic carbocycles. The SMILES string of the molecule is CC(C)(C)[Si](OCC1CCC2CC2N1C(=O)O)(c1ccccc1)c1ccccc1.